The molecule has 0 radical (unpaired) electrons. The van der Waals surface area contributed by atoms with Gasteiger partial charge in [-0.05, 0) is 17.8 Å². The molecule has 0 aromatic heterocycles. The van der Waals surface area contributed by atoms with Gasteiger partial charge in [0.25, 0.3) is 0 Å². The second-order valence-electron chi connectivity index (χ2n) is 5.08. The molecule has 0 saturated heterocycles. The minimum absolute atomic E-state index is 0.133. The van der Waals surface area contributed by atoms with Gasteiger partial charge in [-0.15, -0.1) is 0 Å². The van der Waals surface area contributed by atoms with Crippen molar-refractivity contribution >= 4 is 0 Å². The van der Waals surface area contributed by atoms with E-state index >= 15 is 0 Å². The summed E-state index contributed by atoms with van der Waals surface area (Å²) in [5, 5.41) is 10.2. The summed E-state index contributed by atoms with van der Waals surface area (Å²) in [7, 11) is 0. The van der Waals surface area contributed by atoms with E-state index in [2.05, 4.69) is 13.8 Å². The van der Waals surface area contributed by atoms with Crippen LogP contribution in [0, 0.1) is 11.3 Å². The Morgan fingerprint density at radius 1 is 1.25 bits per heavy atom. The quantitative estimate of drug-likeness (QED) is 0.683. The van der Waals surface area contributed by atoms with E-state index in [4.69, 9.17) is 5.73 Å². The van der Waals surface area contributed by atoms with Gasteiger partial charge in [-0.3, -0.25) is 0 Å². The zero-order valence-corrected chi connectivity index (χ0v) is 9.02. The van der Waals surface area contributed by atoms with E-state index in [1.165, 1.54) is 0 Å². The van der Waals surface area contributed by atoms with Crippen LogP contribution in [0.25, 0.3) is 0 Å². The minimum atomic E-state index is -0.721. The van der Waals surface area contributed by atoms with Crippen molar-refractivity contribution in [2.24, 2.45) is 17.1 Å². The number of rotatable bonds is 3. The lowest BCUT2D eigenvalue weighted by Gasteiger charge is -2.40. The Morgan fingerprint density at radius 3 is 1.75 bits per heavy atom. The van der Waals surface area contributed by atoms with Crippen molar-refractivity contribution in [3.63, 3.8) is 0 Å². The van der Waals surface area contributed by atoms with Crippen molar-refractivity contribution in [1.82, 2.24) is 0 Å². The summed E-state index contributed by atoms with van der Waals surface area (Å²) < 4.78 is 0. The summed E-state index contributed by atoms with van der Waals surface area (Å²) in [6.45, 7) is 10.6. The number of hydrogen-bond donors (Lipinski definition) is 2. The van der Waals surface area contributed by atoms with Gasteiger partial charge in [-0.1, -0.05) is 34.6 Å². The van der Waals surface area contributed by atoms with Crippen LogP contribution in [0.5, 0.6) is 0 Å². The smallest absolute Gasteiger partial charge is 0.0819 e. The maximum absolute atomic E-state index is 10.2. The van der Waals surface area contributed by atoms with Crippen LogP contribution in [0.2, 0.25) is 0 Å². The molecule has 2 heteroatoms. The van der Waals surface area contributed by atoms with Gasteiger partial charge in [0.2, 0.25) is 0 Å². The second kappa shape index (κ2) is 3.75. The Bertz CT molecular complexity index is 137. The van der Waals surface area contributed by atoms with Crippen LogP contribution in [-0.2, 0) is 0 Å². The van der Waals surface area contributed by atoms with Crippen LogP contribution in [0.3, 0.4) is 0 Å². The highest BCUT2D eigenvalue weighted by molar-refractivity contribution is 4.91. The molecule has 0 aromatic rings. The molecule has 0 rings (SSSR count). The van der Waals surface area contributed by atoms with Gasteiger partial charge in [-0.25, -0.2) is 0 Å². The van der Waals surface area contributed by atoms with Crippen molar-refractivity contribution in [2.75, 3.05) is 6.54 Å². The van der Waals surface area contributed by atoms with Crippen molar-refractivity contribution in [3.05, 3.63) is 0 Å². The second-order valence-corrected chi connectivity index (χ2v) is 5.08. The normalized spacial score (nSPS) is 18.0. The molecule has 2 nitrogen and oxygen atoms in total. The van der Waals surface area contributed by atoms with Gasteiger partial charge >= 0.3 is 0 Å². The van der Waals surface area contributed by atoms with Crippen molar-refractivity contribution in [2.45, 2.75) is 46.6 Å². The first-order chi connectivity index (χ1) is 5.23. The molecule has 0 aliphatic rings. The minimum Gasteiger partial charge on any atom is -0.388 e. The number of hydrogen-bond acceptors (Lipinski definition) is 2. The van der Waals surface area contributed by atoms with E-state index < -0.39 is 5.60 Å². The summed E-state index contributed by atoms with van der Waals surface area (Å²) in [6.07, 6.45) is 0.771. The van der Waals surface area contributed by atoms with E-state index in [1.54, 1.807) is 0 Å². The van der Waals surface area contributed by atoms with Gasteiger partial charge in [-0.2, -0.15) is 0 Å². The molecular formula is C10H23NO. The average Bonchev–Trinajstić information content (AvgIpc) is 1.83. The first-order valence-corrected chi connectivity index (χ1v) is 4.65. The lowest BCUT2D eigenvalue weighted by atomic mass is 9.72. The Kier molecular flexibility index (Phi) is 3.73. The fourth-order valence-electron chi connectivity index (χ4n) is 1.37. The molecule has 12 heavy (non-hydrogen) atoms. The third-order valence-corrected chi connectivity index (χ3v) is 2.48. The largest absolute Gasteiger partial charge is 0.388 e. The van der Waals surface area contributed by atoms with Gasteiger partial charge < -0.3 is 10.8 Å². The number of nitrogens with two attached hydrogens (primary N) is 1. The van der Waals surface area contributed by atoms with Crippen LogP contribution in [0.4, 0.5) is 0 Å². The Labute approximate surface area is 76.2 Å². The third-order valence-electron chi connectivity index (χ3n) is 2.48. The number of aliphatic hydroxyl groups is 1. The molecule has 0 saturated carbocycles. The van der Waals surface area contributed by atoms with E-state index in [0.29, 0.717) is 12.5 Å². The van der Waals surface area contributed by atoms with Gasteiger partial charge in [0.15, 0.2) is 0 Å². The zero-order chi connectivity index (χ0) is 9.99. The fourth-order valence-corrected chi connectivity index (χ4v) is 1.37. The van der Waals surface area contributed by atoms with Crippen LogP contribution >= 0.6 is 0 Å². The Hall–Kier alpha value is -0.0800. The van der Waals surface area contributed by atoms with Crippen LogP contribution in [0.1, 0.15) is 41.0 Å². The van der Waals surface area contributed by atoms with E-state index in [-0.39, 0.29) is 5.41 Å². The van der Waals surface area contributed by atoms with E-state index in [9.17, 15) is 5.11 Å². The van der Waals surface area contributed by atoms with Crippen molar-refractivity contribution in [1.29, 1.82) is 0 Å². The molecule has 0 spiro atoms. The molecule has 1 atom stereocenters. The van der Waals surface area contributed by atoms with E-state index in [1.807, 2.05) is 20.8 Å². The first kappa shape index (κ1) is 11.9. The maximum atomic E-state index is 10.2. The molecule has 74 valence electrons. The SMILES string of the molecule is CC(C)CC(O)(CN)C(C)(C)C. The highest BCUT2D eigenvalue weighted by Crippen LogP contribution is 2.34. The average molecular weight is 173 g/mol. The summed E-state index contributed by atoms with van der Waals surface area (Å²) >= 11 is 0. The Morgan fingerprint density at radius 2 is 1.67 bits per heavy atom. The molecule has 0 heterocycles. The highest BCUT2D eigenvalue weighted by atomic mass is 16.3. The van der Waals surface area contributed by atoms with Crippen LogP contribution in [0.15, 0.2) is 0 Å². The standard InChI is InChI=1S/C10H23NO/c1-8(2)6-10(12,7-11)9(3,4)5/h8,12H,6-7,11H2,1-5H3. The topological polar surface area (TPSA) is 46.2 Å². The van der Waals surface area contributed by atoms with Crippen LogP contribution < -0.4 is 5.73 Å². The summed E-state index contributed by atoms with van der Waals surface area (Å²) in [5.74, 6) is 0.484. The van der Waals surface area contributed by atoms with E-state index in [0.717, 1.165) is 6.42 Å². The summed E-state index contributed by atoms with van der Waals surface area (Å²) in [5.41, 5.74) is 4.74. The molecular weight excluding hydrogens is 150 g/mol. The van der Waals surface area contributed by atoms with Crippen molar-refractivity contribution in [3.8, 4) is 0 Å². The lowest BCUT2D eigenvalue weighted by molar-refractivity contribution is -0.0647. The van der Waals surface area contributed by atoms with Gasteiger partial charge in [0, 0.05) is 6.54 Å². The van der Waals surface area contributed by atoms with Gasteiger partial charge in [0.1, 0.15) is 0 Å². The molecule has 0 aromatic carbocycles. The van der Waals surface area contributed by atoms with Crippen molar-refractivity contribution < 1.29 is 5.11 Å². The maximum Gasteiger partial charge on any atom is 0.0819 e. The van der Waals surface area contributed by atoms with Crippen LogP contribution in [-0.4, -0.2) is 17.3 Å². The lowest BCUT2D eigenvalue weighted by Crippen LogP contribution is -2.50. The first-order valence-electron chi connectivity index (χ1n) is 4.65. The summed E-state index contributed by atoms with van der Waals surface area (Å²) in [4.78, 5) is 0. The highest BCUT2D eigenvalue weighted by Gasteiger charge is 2.38. The monoisotopic (exact) mass is 173 g/mol. The summed E-state index contributed by atoms with van der Waals surface area (Å²) in [6, 6.07) is 0. The molecule has 0 aliphatic heterocycles. The Balaban J connectivity index is 4.46. The molecule has 3 N–H and O–H groups in total. The fraction of sp³-hybridized carbons (Fsp3) is 1.00. The molecule has 0 aliphatic carbocycles. The molecule has 1 unspecified atom stereocenters. The predicted molar refractivity (Wildman–Crippen MR) is 52.9 cm³/mol. The van der Waals surface area contributed by atoms with Gasteiger partial charge in [0.05, 0.1) is 5.60 Å². The molecule has 0 bridgehead atoms. The third kappa shape index (κ3) is 2.76. The predicted octanol–water partition coefficient (Wildman–Crippen LogP) is 1.77. The molecule has 0 amide bonds. The zero-order valence-electron chi connectivity index (χ0n) is 9.02. The molecule has 0 fully saturated rings.